The van der Waals surface area contributed by atoms with Gasteiger partial charge in [-0.3, -0.25) is 4.79 Å². The molecule has 0 amide bonds. The summed E-state index contributed by atoms with van der Waals surface area (Å²) in [5.41, 5.74) is 1.72. The second kappa shape index (κ2) is 10.4. The van der Waals surface area contributed by atoms with Crippen LogP contribution in [0.1, 0.15) is 10.4 Å². The van der Waals surface area contributed by atoms with Crippen LogP contribution < -0.4 is 14.8 Å². The first-order valence-corrected chi connectivity index (χ1v) is 10.8. The van der Waals surface area contributed by atoms with Gasteiger partial charge in [0.1, 0.15) is 11.5 Å². The summed E-state index contributed by atoms with van der Waals surface area (Å²) in [6.45, 7) is 0.214. The predicted octanol–water partition coefficient (Wildman–Crippen LogP) is 5.59. The molecule has 168 valence electrons. The molecule has 0 aliphatic carbocycles. The van der Waals surface area contributed by atoms with Crippen LogP contribution in [0.3, 0.4) is 0 Å². The van der Waals surface area contributed by atoms with Crippen molar-refractivity contribution in [3.8, 4) is 22.9 Å². The summed E-state index contributed by atoms with van der Waals surface area (Å²) in [5.74, 6) is 1.57. The van der Waals surface area contributed by atoms with E-state index in [-0.39, 0.29) is 12.5 Å². The third-order valence-electron chi connectivity index (χ3n) is 4.73. The number of benzene rings is 3. The first kappa shape index (κ1) is 22.6. The Labute approximate surface area is 200 Å². The predicted molar refractivity (Wildman–Crippen MR) is 128 cm³/mol. The van der Waals surface area contributed by atoms with Gasteiger partial charge in [-0.2, -0.15) is 9.67 Å². The lowest BCUT2D eigenvalue weighted by Crippen LogP contribution is -2.22. The molecule has 1 heterocycles. The second-order valence-electron chi connectivity index (χ2n) is 7.02. The van der Waals surface area contributed by atoms with Gasteiger partial charge in [0.2, 0.25) is 5.95 Å². The minimum atomic E-state index is -0.379. The van der Waals surface area contributed by atoms with E-state index >= 15 is 0 Å². The number of carbonyl (C=O) groups is 1. The fraction of sp³-hybridized carbons (Fsp3) is 0.125. The van der Waals surface area contributed by atoms with Gasteiger partial charge < -0.3 is 14.8 Å². The number of hydrogen-bond acceptors (Lipinski definition) is 6. The van der Waals surface area contributed by atoms with Crippen molar-refractivity contribution in [3.05, 3.63) is 88.4 Å². The topological polar surface area (TPSA) is 78.3 Å². The van der Waals surface area contributed by atoms with E-state index in [9.17, 15) is 4.79 Å². The van der Waals surface area contributed by atoms with Crippen molar-refractivity contribution >= 4 is 35.1 Å². The SMILES string of the molecule is COc1ccc(-c2nc(NCc3ccc(Cl)cc3)n(C(=O)COc3ccc(Cl)cc3)n2)cc1. The molecule has 1 aromatic heterocycles. The third-order valence-corrected chi connectivity index (χ3v) is 5.24. The van der Waals surface area contributed by atoms with Crippen LogP contribution in [0.2, 0.25) is 10.0 Å². The Bertz CT molecular complexity index is 1220. The van der Waals surface area contributed by atoms with Gasteiger partial charge in [-0.1, -0.05) is 35.3 Å². The van der Waals surface area contributed by atoms with Crippen molar-refractivity contribution in [2.75, 3.05) is 19.0 Å². The highest BCUT2D eigenvalue weighted by Gasteiger charge is 2.18. The number of rotatable bonds is 8. The summed E-state index contributed by atoms with van der Waals surface area (Å²) in [7, 11) is 1.60. The van der Waals surface area contributed by atoms with E-state index in [1.54, 1.807) is 43.5 Å². The Balaban J connectivity index is 1.56. The molecule has 3 aromatic carbocycles. The average Bonchev–Trinajstić information content (AvgIpc) is 3.27. The van der Waals surface area contributed by atoms with Gasteiger partial charge in [0.05, 0.1) is 7.11 Å². The lowest BCUT2D eigenvalue weighted by atomic mass is 10.2. The first-order valence-electron chi connectivity index (χ1n) is 10.0. The van der Waals surface area contributed by atoms with E-state index in [0.717, 1.165) is 11.1 Å². The van der Waals surface area contributed by atoms with Crippen molar-refractivity contribution in [2.24, 2.45) is 0 Å². The Morgan fingerprint density at radius 2 is 1.52 bits per heavy atom. The molecule has 0 spiro atoms. The quantitative estimate of drug-likeness (QED) is 0.352. The van der Waals surface area contributed by atoms with E-state index in [1.165, 1.54) is 4.68 Å². The molecular formula is C24H20Cl2N4O3. The molecule has 9 heteroatoms. The number of nitrogens with zero attached hydrogens (tertiary/aromatic N) is 3. The third kappa shape index (κ3) is 5.83. The smallest absolute Gasteiger partial charge is 0.287 e. The summed E-state index contributed by atoms with van der Waals surface area (Å²) in [5, 5.41) is 8.83. The van der Waals surface area contributed by atoms with Crippen LogP contribution in [-0.2, 0) is 6.54 Å². The van der Waals surface area contributed by atoms with Crippen LogP contribution in [0.4, 0.5) is 5.95 Å². The van der Waals surface area contributed by atoms with Gasteiger partial charge in [0, 0.05) is 22.2 Å². The largest absolute Gasteiger partial charge is 0.497 e. The lowest BCUT2D eigenvalue weighted by molar-refractivity contribution is 0.0824. The molecule has 0 saturated carbocycles. The highest BCUT2D eigenvalue weighted by Crippen LogP contribution is 2.22. The first-order chi connectivity index (χ1) is 16.0. The summed E-state index contributed by atoms with van der Waals surface area (Å²) in [6, 6.07) is 21.4. The molecule has 0 saturated heterocycles. The molecule has 0 bridgehead atoms. The van der Waals surface area contributed by atoms with Crippen molar-refractivity contribution in [2.45, 2.75) is 6.54 Å². The van der Waals surface area contributed by atoms with E-state index in [1.807, 2.05) is 36.4 Å². The molecule has 0 aliphatic rings. The Morgan fingerprint density at radius 3 is 2.15 bits per heavy atom. The number of nitrogens with one attached hydrogen (secondary N) is 1. The van der Waals surface area contributed by atoms with Gasteiger partial charge in [-0.25, -0.2) is 0 Å². The highest BCUT2D eigenvalue weighted by atomic mass is 35.5. The van der Waals surface area contributed by atoms with Gasteiger partial charge >= 0.3 is 0 Å². The zero-order valence-electron chi connectivity index (χ0n) is 17.7. The maximum absolute atomic E-state index is 12.9. The summed E-state index contributed by atoms with van der Waals surface area (Å²) in [6.07, 6.45) is 0. The Kier molecular flexibility index (Phi) is 7.12. The Hall–Kier alpha value is -3.55. The lowest BCUT2D eigenvalue weighted by Gasteiger charge is -2.09. The monoisotopic (exact) mass is 482 g/mol. The molecule has 0 unspecified atom stereocenters. The molecule has 0 radical (unpaired) electrons. The second-order valence-corrected chi connectivity index (χ2v) is 7.89. The molecule has 1 N–H and O–H groups in total. The number of aromatic nitrogens is 3. The number of methoxy groups -OCH3 is 1. The highest BCUT2D eigenvalue weighted by molar-refractivity contribution is 6.30. The molecule has 0 fully saturated rings. The van der Waals surface area contributed by atoms with E-state index < -0.39 is 0 Å². The number of anilines is 1. The van der Waals surface area contributed by atoms with Crippen LogP contribution in [0, 0.1) is 0 Å². The minimum absolute atomic E-state index is 0.220. The standard InChI is InChI=1S/C24H20Cl2N4O3/c1-32-20-10-4-17(5-11-20)23-28-24(27-14-16-2-6-18(25)7-3-16)30(29-23)22(31)15-33-21-12-8-19(26)9-13-21/h2-13H,14-15H2,1H3,(H,27,28,29). The van der Waals surface area contributed by atoms with Gasteiger partial charge in [-0.15, -0.1) is 5.10 Å². The fourth-order valence-corrected chi connectivity index (χ4v) is 3.24. The van der Waals surface area contributed by atoms with Crippen molar-refractivity contribution in [3.63, 3.8) is 0 Å². The van der Waals surface area contributed by atoms with Crippen molar-refractivity contribution in [1.82, 2.24) is 14.8 Å². The normalized spacial score (nSPS) is 10.6. The molecule has 0 aliphatic heterocycles. The maximum atomic E-state index is 12.9. The molecule has 7 nitrogen and oxygen atoms in total. The van der Waals surface area contributed by atoms with Crippen LogP contribution >= 0.6 is 23.2 Å². The van der Waals surface area contributed by atoms with E-state index in [2.05, 4.69) is 15.4 Å². The van der Waals surface area contributed by atoms with E-state index in [4.69, 9.17) is 32.7 Å². The minimum Gasteiger partial charge on any atom is -0.497 e. The Morgan fingerprint density at radius 1 is 0.909 bits per heavy atom. The van der Waals surface area contributed by atoms with Crippen LogP contribution in [0.5, 0.6) is 11.5 Å². The average molecular weight is 483 g/mol. The zero-order chi connectivity index (χ0) is 23.2. The van der Waals surface area contributed by atoms with Crippen molar-refractivity contribution < 1.29 is 14.3 Å². The molecule has 4 aromatic rings. The van der Waals surface area contributed by atoms with Gasteiger partial charge in [0.15, 0.2) is 12.4 Å². The molecule has 0 atom stereocenters. The number of hydrogen-bond donors (Lipinski definition) is 1. The van der Waals surface area contributed by atoms with Gasteiger partial charge in [0.25, 0.3) is 5.91 Å². The van der Waals surface area contributed by atoms with Crippen LogP contribution in [0.25, 0.3) is 11.4 Å². The van der Waals surface area contributed by atoms with Crippen molar-refractivity contribution in [1.29, 1.82) is 0 Å². The summed E-state index contributed by atoms with van der Waals surface area (Å²) in [4.78, 5) is 17.5. The fourth-order valence-electron chi connectivity index (χ4n) is 2.98. The summed E-state index contributed by atoms with van der Waals surface area (Å²) >= 11 is 11.9. The maximum Gasteiger partial charge on any atom is 0.287 e. The van der Waals surface area contributed by atoms with Crippen LogP contribution in [0.15, 0.2) is 72.8 Å². The molecule has 33 heavy (non-hydrogen) atoms. The number of halogens is 2. The number of ether oxygens (including phenoxy) is 2. The zero-order valence-corrected chi connectivity index (χ0v) is 19.2. The van der Waals surface area contributed by atoms with Gasteiger partial charge in [-0.05, 0) is 66.2 Å². The molecule has 4 rings (SSSR count). The molecular weight excluding hydrogens is 463 g/mol. The van der Waals surface area contributed by atoms with Crippen LogP contribution in [-0.4, -0.2) is 34.4 Å². The number of carbonyl (C=O) groups excluding carboxylic acids is 1. The summed E-state index contributed by atoms with van der Waals surface area (Å²) < 4.78 is 12.0. The van der Waals surface area contributed by atoms with E-state index in [0.29, 0.717) is 39.9 Å².